The number of unbranched alkanes of at least 4 members (excludes halogenated alkanes) is 9. The number of esters is 1. The van der Waals surface area contributed by atoms with E-state index in [9.17, 15) is 9.59 Å². The number of ether oxygens (including phenoxy) is 1. The summed E-state index contributed by atoms with van der Waals surface area (Å²) >= 11 is 0. The lowest BCUT2D eigenvalue weighted by Gasteiger charge is -2.02. The average molecular weight is 270 g/mol. The van der Waals surface area contributed by atoms with Crippen LogP contribution in [-0.2, 0) is 14.3 Å². The molecule has 0 rings (SSSR count). The smallest absolute Gasteiger partial charge is 0.313 e. The Morgan fingerprint density at radius 2 is 1.26 bits per heavy atom. The summed E-state index contributed by atoms with van der Waals surface area (Å²) in [5.41, 5.74) is 0. The van der Waals surface area contributed by atoms with Crippen molar-refractivity contribution in [2.45, 2.75) is 84.0 Å². The molecule has 0 aromatic rings. The fourth-order valence-electron chi connectivity index (χ4n) is 2.13. The van der Waals surface area contributed by atoms with Gasteiger partial charge in [-0.15, -0.1) is 0 Å². The standard InChI is InChI=1S/C16H30O3/c1-3-4-5-6-7-8-9-10-11-12-13-15(17)14-16(18)19-2/h3-14H2,1-2H3. The van der Waals surface area contributed by atoms with Crippen molar-refractivity contribution in [2.24, 2.45) is 0 Å². The molecule has 0 atom stereocenters. The Bertz CT molecular complexity index is 236. The Morgan fingerprint density at radius 1 is 0.789 bits per heavy atom. The Hall–Kier alpha value is -0.860. The lowest BCUT2D eigenvalue weighted by Crippen LogP contribution is -2.08. The molecule has 0 unspecified atom stereocenters. The number of hydrogen-bond acceptors (Lipinski definition) is 3. The molecule has 0 amide bonds. The first-order valence-electron chi connectivity index (χ1n) is 7.79. The van der Waals surface area contributed by atoms with Gasteiger partial charge in [0, 0.05) is 6.42 Å². The van der Waals surface area contributed by atoms with Gasteiger partial charge in [0.05, 0.1) is 7.11 Å². The SMILES string of the molecule is CCCCCCCCCCCCC(=O)CC(=O)OC. The van der Waals surface area contributed by atoms with Crippen LogP contribution >= 0.6 is 0 Å². The Labute approximate surface area is 118 Å². The van der Waals surface area contributed by atoms with Crippen molar-refractivity contribution in [3.05, 3.63) is 0 Å². The molecule has 0 aromatic carbocycles. The molecule has 0 saturated carbocycles. The monoisotopic (exact) mass is 270 g/mol. The largest absolute Gasteiger partial charge is 0.469 e. The molecule has 0 fully saturated rings. The van der Waals surface area contributed by atoms with E-state index in [1.54, 1.807) is 0 Å². The second kappa shape index (κ2) is 13.6. The molecule has 0 aromatic heterocycles. The predicted octanol–water partition coefficient (Wildman–Crippen LogP) is 4.43. The fourth-order valence-corrected chi connectivity index (χ4v) is 2.13. The Kier molecular flexibility index (Phi) is 13.0. The Balaban J connectivity index is 3.18. The lowest BCUT2D eigenvalue weighted by atomic mass is 10.0. The molecule has 3 nitrogen and oxygen atoms in total. The van der Waals surface area contributed by atoms with Crippen LogP contribution in [0.3, 0.4) is 0 Å². The van der Waals surface area contributed by atoms with Crippen molar-refractivity contribution in [1.82, 2.24) is 0 Å². The molecule has 112 valence electrons. The summed E-state index contributed by atoms with van der Waals surface area (Å²) in [6, 6.07) is 0. The van der Waals surface area contributed by atoms with Crippen molar-refractivity contribution >= 4 is 11.8 Å². The number of rotatable bonds is 13. The van der Waals surface area contributed by atoms with Crippen molar-refractivity contribution in [3.8, 4) is 0 Å². The van der Waals surface area contributed by atoms with E-state index in [-0.39, 0.29) is 12.2 Å². The molecule has 0 spiro atoms. The molecule has 0 aliphatic rings. The fraction of sp³-hybridized carbons (Fsp3) is 0.875. The van der Waals surface area contributed by atoms with Gasteiger partial charge in [-0.05, 0) is 6.42 Å². The first kappa shape index (κ1) is 18.1. The van der Waals surface area contributed by atoms with Crippen LogP contribution in [0.2, 0.25) is 0 Å². The summed E-state index contributed by atoms with van der Waals surface area (Å²) in [5.74, 6) is -0.413. The van der Waals surface area contributed by atoms with Gasteiger partial charge in [-0.25, -0.2) is 0 Å². The summed E-state index contributed by atoms with van der Waals surface area (Å²) in [5, 5.41) is 0. The maximum Gasteiger partial charge on any atom is 0.313 e. The molecule has 0 aliphatic carbocycles. The zero-order valence-electron chi connectivity index (χ0n) is 12.7. The van der Waals surface area contributed by atoms with Gasteiger partial charge in [-0.3, -0.25) is 9.59 Å². The minimum atomic E-state index is -0.419. The topological polar surface area (TPSA) is 43.4 Å². The van der Waals surface area contributed by atoms with Gasteiger partial charge in [0.1, 0.15) is 12.2 Å². The normalized spacial score (nSPS) is 10.4. The van der Waals surface area contributed by atoms with Crippen molar-refractivity contribution in [2.75, 3.05) is 7.11 Å². The molecule has 0 bridgehead atoms. The summed E-state index contributed by atoms with van der Waals surface area (Å²) in [6.07, 6.45) is 13.0. The zero-order valence-corrected chi connectivity index (χ0v) is 12.7. The first-order valence-corrected chi connectivity index (χ1v) is 7.79. The molecule has 0 saturated heterocycles. The van der Waals surface area contributed by atoms with Crippen LogP contribution < -0.4 is 0 Å². The number of ketones is 1. The van der Waals surface area contributed by atoms with Crippen molar-refractivity contribution in [1.29, 1.82) is 0 Å². The molecular weight excluding hydrogens is 240 g/mol. The number of Topliss-reactive ketones (excluding diaryl/α,β-unsaturated/α-hetero) is 1. The van der Waals surface area contributed by atoms with E-state index in [0.717, 1.165) is 12.8 Å². The van der Waals surface area contributed by atoms with Crippen LogP contribution in [-0.4, -0.2) is 18.9 Å². The van der Waals surface area contributed by atoms with Crippen LogP contribution in [0, 0.1) is 0 Å². The van der Waals surface area contributed by atoms with Crippen LogP contribution in [0.25, 0.3) is 0 Å². The third-order valence-corrected chi connectivity index (χ3v) is 3.38. The molecule has 3 heteroatoms. The summed E-state index contributed by atoms with van der Waals surface area (Å²) < 4.78 is 4.46. The number of methoxy groups -OCH3 is 1. The van der Waals surface area contributed by atoms with Gasteiger partial charge < -0.3 is 4.74 Å². The summed E-state index contributed by atoms with van der Waals surface area (Å²) in [4.78, 5) is 22.2. The highest BCUT2D eigenvalue weighted by Crippen LogP contribution is 2.11. The van der Waals surface area contributed by atoms with Gasteiger partial charge in [0.2, 0.25) is 0 Å². The minimum absolute atomic E-state index is 0.00594. The van der Waals surface area contributed by atoms with Gasteiger partial charge in [-0.2, -0.15) is 0 Å². The van der Waals surface area contributed by atoms with Gasteiger partial charge in [-0.1, -0.05) is 64.7 Å². The minimum Gasteiger partial charge on any atom is -0.469 e. The second-order valence-corrected chi connectivity index (χ2v) is 5.22. The zero-order chi connectivity index (χ0) is 14.3. The summed E-state index contributed by atoms with van der Waals surface area (Å²) in [6.45, 7) is 2.24. The molecule has 0 N–H and O–H groups in total. The second-order valence-electron chi connectivity index (χ2n) is 5.22. The average Bonchev–Trinajstić information content (AvgIpc) is 2.40. The number of carbonyl (C=O) groups excluding carboxylic acids is 2. The van der Waals surface area contributed by atoms with Gasteiger partial charge in [0.15, 0.2) is 0 Å². The highest BCUT2D eigenvalue weighted by Gasteiger charge is 2.08. The highest BCUT2D eigenvalue weighted by molar-refractivity contribution is 5.95. The number of carbonyl (C=O) groups is 2. The van der Waals surface area contributed by atoms with E-state index in [2.05, 4.69) is 11.7 Å². The predicted molar refractivity (Wildman–Crippen MR) is 78.1 cm³/mol. The van der Waals surface area contributed by atoms with E-state index in [0.29, 0.717) is 6.42 Å². The van der Waals surface area contributed by atoms with Crippen molar-refractivity contribution < 1.29 is 14.3 Å². The van der Waals surface area contributed by atoms with Gasteiger partial charge >= 0.3 is 5.97 Å². The van der Waals surface area contributed by atoms with Crippen LogP contribution in [0.15, 0.2) is 0 Å². The Morgan fingerprint density at radius 3 is 1.74 bits per heavy atom. The van der Waals surface area contributed by atoms with Crippen LogP contribution in [0.4, 0.5) is 0 Å². The third-order valence-electron chi connectivity index (χ3n) is 3.38. The molecule has 0 aliphatic heterocycles. The lowest BCUT2D eigenvalue weighted by molar-refractivity contribution is -0.143. The van der Waals surface area contributed by atoms with E-state index in [1.807, 2.05) is 0 Å². The van der Waals surface area contributed by atoms with E-state index in [4.69, 9.17) is 0 Å². The molecule has 0 heterocycles. The summed E-state index contributed by atoms with van der Waals surface area (Å²) in [7, 11) is 1.32. The molecular formula is C16H30O3. The highest BCUT2D eigenvalue weighted by atomic mass is 16.5. The van der Waals surface area contributed by atoms with Crippen molar-refractivity contribution in [3.63, 3.8) is 0 Å². The van der Waals surface area contributed by atoms with E-state index < -0.39 is 5.97 Å². The quantitative estimate of drug-likeness (QED) is 0.282. The number of hydrogen-bond donors (Lipinski definition) is 0. The maximum absolute atomic E-state index is 11.3. The van der Waals surface area contributed by atoms with Crippen LogP contribution in [0.1, 0.15) is 84.0 Å². The third kappa shape index (κ3) is 13.4. The molecule has 19 heavy (non-hydrogen) atoms. The van der Waals surface area contributed by atoms with Crippen LogP contribution in [0.5, 0.6) is 0 Å². The maximum atomic E-state index is 11.3. The van der Waals surface area contributed by atoms with Gasteiger partial charge in [0.25, 0.3) is 0 Å². The van der Waals surface area contributed by atoms with E-state index in [1.165, 1.54) is 58.5 Å². The first-order chi connectivity index (χ1) is 9.20. The van der Waals surface area contributed by atoms with E-state index >= 15 is 0 Å². The molecule has 0 radical (unpaired) electrons.